The molecule has 0 saturated carbocycles. The predicted molar refractivity (Wildman–Crippen MR) is 73.7 cm³/mol. The van der Waals surface area contributed by atoms with Crippen LogP contribution in [0.5, 0.6) is 0 Å². The Morgan fingerprint density at radius 2 is 1.75 bits per heavy atom. The fourth-order valence-corrected chi connectivity index (χ4v) is 1.82. The molecule has 2 aromatic carbocycles. The van der Waals surface area contributed by atoms with Gasteiger partial charge in [0.25, 0.3) is 5.91 Å². The minimum absolute atomic E-state index is 0.162. The van der Waals surface area contributed by atoms with Crippen LogP contribution in [0.4, 0.5) is 10.1 Å². The summed E-state index contributed by atoms with van der Waals surface area (Å²) in [5, 5.41) is 0. The standard InChI is InChI=1S/C15H13FN2O2/c16-12-6-4-5-11(9-12)15(20)18(10-14(17)19)13-7-2-1-3-8-13/h1-9H,10H2,(H2,17,19). The van der Waals surface area contributed by atoms with Gasteiger partial charge in [-0.25, -0.2) is 4.39 Å². The topological polar surface area (TPSA) is 63.4 Å². The molecule has 2 N–H and O–H groups in total. The van der Waals surface area contributed by atoms with Crippen LogP contribution in [0.1, 0.15) is 10.4 Å². The fourth-order valence-electron chi connectivity index (χ4n) is 1.82. The Balaban J connectivity index is 2.36. The summed E-state index contributed by atoms with van der Waals surface area (Å²) in [5.74, 6) is -1.63. The highest BCUT2D eigenvalue weighted by Gasteiger charge is 2.19. The van der Waals surface area contributed by atoms with Crippen LogP contribution in [0, 0.1) is 5.82 Å². The van der Waals surface area contributed by atoms with Gasteiger partial charge in [0.05, 0.1) is 0 Å². The zero-order valence-corrected chi connectivity index (χ0v) is 10.6. The van der Waals surface area contributed by atoms with Gasteiger partial charge < -0.3 is 5.73 Å². The first kappa shape index (κ1) is 13.7. The molecule has 0 aromatic heterocycles. The molecule has 0 atom stereocenters. The number of benzene rings is 2. The van der Waals surface area contributed by atoms with Crippen molar-refractivity contribution in [1.29, 1.82) is 0 Å². The van der Waals surface area contributed by atoms with E-state index in [1.165, 1.54) is 23.1 Å². The van der Waals surface area contributed by atoms with Gasteiger partial charge in [-0.3, -0.25) is 14.5 Å². The maximum Gasteiger partial charge on any atom is 0.258 e. The van der Waals surface area contributed by atoms with E-state index in [1.807, 2.05) is 0 Å². The smallest absolute Gasteiger partial charge is 0.258 e. The number of primary amides is 1. The molecule has 0 saturated heterocycles. The highest BCUT2D eigenvalue weighted by molar-refractivity contribution is 6.08. The van der Waals surface area contributed by atoms with Crippen LogP contribution < -0.4 is 10.6 Å². The number of rotatable bonds is 4. The number of anilines is 1. The summed E-state index contributed by atoms with van der Waals surface area (Å²) in [4.78, 5) is 24.7. The Labute approximate surface area is 115 Å². The van der Waals surface area contributed by atoms with Crippen molar-refractivity contribution in [1.82, 2.24) is 0 Å². The lowest BCUT2D eigenvalue weighted by atomic mass is 10.1. The normalized spacial score (nSPS) is 10.1. The number of halogens is 1. The van der Waals surface area contributed by atoms with E-state index in [0.717, 1.165) is 6.07 Å². The van der Waals surface area contributed by atoms with Crippen LogP contribution >= 0.6 is 0 Å². The molecule has 0 radical (unpaired) electrons. The maximum absolute atomic E-state index is 13.2. The summed E-state index contributed by atoms with van der Waals surface area (Å²) in [6.45, 7) is -0.265. The van der Waals surface area contributed by atoms with E-state index >= 15 is 0 Å². The van der Waals surface area contributed by atoms with E-state index in [0.29, 0.717) is 5.69 Å². The number of carbonyl (C=O) groups is 2. The average Bonchev–Trinajstić information content (AvgIpc) is 2.45. The summed E-state index contributed by atoms with van der Waals surface area (Å²) in [7, 11) is 0. The van der Waals surface area contributed by atoms with E-state index < -0.39 is 17.6 Å². The zero-order chi connectivity index (χ0) is 14.5. The molecule has 0 fully saturated rings. The molecule has 2 rings (SSSR count). The van der Waals surface area contributed by atoms with Crippen molar-refractivity contribution in [3.8, 4) is 0 Å². The zero-order valence-electron chi connectivity index (χ0n) is 10.6. The maximum atomic E-state index is 13.2. The molecular formula is C15H13FN2O2. The van der Waals surface area contributed by atoms with E-state index in [1.54, 1.807) is 30.3 Å². The summed E-state index contributed by atoms with van der Waals surface area (Å²) in [6, 6.07) is 13.9. The van der Waals surface area contributed by atoms with Gasteiger partial charge >= 0.3 is 0 Å². The average molecular weight is 272 g/mol. The molecule has 0 aliphatic rings. The van der Waals surface area contributed by atoms with Crippen LogP contribution in [0.15, 0.2) is 54.6 Å². The third-order valence-corrected chi connectivity index (χ3v) is 2.70. The minimum Gasteiger partial charge on any atom is -0.368 e. The van der Waals surface area contributed by atoms with Gasteiger partial charge in [-0.15, -0.1) is 0 Å². The molecule has 102 valence electrons. The first-order valence-electron chi connectivity index (χ1n) is 5.98. The van der Waals surface area contributed by atoms with Crippen LogP contribution in [-0.4, -0.2) is 18.4 Å². The summed E-state index contributed by atoms with van der Waals surface area (Å²) < 4.78 is 13.2. The van der Waals surface area contributed by atoms with Crippen molar-refractivity contribution in [2.75, 3.05) is 11.4 Å². The molecule has 5 heteroatoms. The van der Waals surface area contributed by atoms with Gasteiger partial charge in [0.2, 0.25) is 5.91 Å². The van der Waals surface area contributed by atoms with Crippen molar-refractivity contribution in [2.45, 2.75) is 0 Å². The van der Waals surface area contributed by atoms with Crippen molar-refractivity contribution in [3.63, 3.8) is 0 Å². The second-order valence-corrected chi connectivity index (χ2v) is 4.20. The molecule has 0 unspecified atom stereocenters. The lowest BCUT2D eigenvalue weighted by Crippen LogP contribution is -2.38. The summed E-state index contributed by atoms with van der Waals surface area (Å²) in [6.07, 6.45) is 0. The third kappa shape index (κ3) is 3.20. The van der Waals surface area contributed by atoms with Crippen molar-refractivity contribution >= 4 is 17.5 Å². The molecule has 20 heavy (non-hydrogen) atoms. The molecule has 0 aliphatic heterocycles. The molecule has 4 nitrogen and oxygen atoms in total. The Kier molecular flexibility index (Phi) is 4.10. The second kappa shape index (κ2) is 5.97. The van der Waals surface area contributed by atoms with Gasteiger partial charge in [-0.1, -0.05) is 24.3 Å². The van der Waals surface area contributed by atoms with Crippen LogP contribution in [0.25, 0.3) is 0 Å². The van der Waals surface area contributed by atoms with E-state index in [2.05, 4.69) is 0 Å². The molecule has 0 heterocycles. The van der Waals surface area contributed by atoms with Crippen molar-refractivity contribution < 1.29 is 14.0 Å². The lowest BCUT2D eigenvalue weighted by molar-refractivity contribution is -0.116. The molecule has 0 aliphatic carbocycles. The Bertz CT molecular complexity index is 629. The SMILES string of the molecule is NC(=O)CN(C(=O)c1cccc(F)c1)c1ccccc1. The number of para-hydroxylation sites is 1. The number of hydrogen-bond donors (Lipinski definition) is 1. The van der Waals surface area contributed by atoms with Crippen LogP contribution in [-0.2, 0) is 4.79 Å². The monoisotopic (exact) mass is 272 g/mol. The van der Waals surface area contributed by atoms with E-state index in [-0.39, 0.29) is 12.1 Å². The molecule has 0 bridgehead atoms. The minimum atomic E-state index is -0.640. The number of nitrogens with two attached hydrogens (primary N) is 1. The molecule has 0 spiro atoms. The molecule has 2 amide bonds. The second-order valence-electron chi connectivity index (χ2n) is 4.20. The predicted octanol–water partition coefficient (Wildman–Crippen LogP) is 1.96. The van der Waals surface area contributed by atoms with Gasteiger partial charge in [0, 0.05) is 11.3 Å². The summed E-state index contributed by atoms with van der Waals surface area (Å²) in [5.41, 5.74) is 5.86. The van der Waals surface area contributed by atoms with Gasteiger partial charge in [0.15, 0.2) is 0 Å². The summed E-state index contributed by atoms with van der Waals surface area (Å²) >= 11 is 0. The Hall–Kier alpha value is -2.69. The molecular weight excluding hydrogens is 259 g/mol. The number of amides is 2. The van der Waals surface area contributed by atoms with Gasteiger partial charge in [-0.05, 0) is 30.3 Å². The lowest BCUT2D eigenvalue weighted by Gasteiger charge is -2.21. The number of hydrogen-bond acceptors (Lipinski definition) is 2. The van der Waals surface area contributed by atoms with Gasteiger partial charge in [-0.2, -0.15) is 0 Å². The Morgan fingerprint density at radius 3 is 2.35 bits per heavy atom. The molecule has 2 aromatic rings. The first-order chi connectivity index (χ1) is 9.58. The van der Waals surface area contributed by atoms with E-state index in [4.69, 9.17) is 5.73 Å². The largest absolute Gasteiger partial charge is 0.368 e. The van der Waals surface area contributed by atoms with Crippen molar-refractivity contribution in [2.24, 2.45) is 5.73 Å². The van der Waals surface area contributed by atoms with Crippen LogP contribution in [0.2, 0.25) is 0 Å². The number of nitrogens with zero attached hydrogens (tertiary/aromatic N) is 1. The van der Waals surface area contributed by atoms with Crippen LogP contribution in [0.3, 0.4) is 0 Å². The fraction of sp³-hybridized carbons (Fsp3) is 0.0667. The van der Waals surface area contributed by atoms with Gasteiger partial charge in [0.1, 0.15) is 12.4 Å². The highest BCUT2D eigenvalue weighted by Crippen LogP contribution is 2.17. The van der Waals surface area contributed by atoms with Crippen molar-refractivity contribution in [3.05, 3.63) is 66.0 Å². The highest BCUT2D eigenvalue weighted by atomic mass is 19.1. The number of carbonyl (C=O) groups excluding carboxylic acids is 2. The van der Waals surface area contributed by atoms with E-state index in [9.17, 15) is 14.0 Å². The Morgan fingerprint density at radius 1 is 1.05 bits per heavy atom. The third-order valence-electron chi connectivity index (χ3n) is 2.70. The first-order valence-corrected chi connectivity index (χ1v) is 5.98. The quantitative estimate of drug-likeness (QED) is 0.924.